The van der Waals surface area contributed by atoms with Crippen LogP contribution in [0.25, 0.3) is 5.69 Å². The van der Waals surface area contributed by atoms with E-state index < -0.39 is 0 Å². The topological polar surface area (TPSA) is 55.6 Å². The number of halogens is 2. The molecule has 1 N–H and O–H groups in total. The SMILES string of the molecule is CNCc1nnnn1-c1c(Cl)cccc1Cl. The Morgan fingerprint density at radius 2 is 2.00 bits per heavy atom. The van der Waals surface area contributed by atoms with Gasteiger partial charge in [-0.05, 0) is 29.6 Å². The minimum Gasteiger partial charge on any atom is -0.313 e. The van der Waals surface area contributed by atoms with E-state index in [1.54, 1.807) is 18.2 Å². The lowest BCUT2D eigenvalue weighted by atomic mass is 10.3. The van der Waals surface area contributed by atoms with Crippen LogP contribution in [-0.2, 0) is 6.54 Å². The van der Waals surface area contributed by atoms with Gasteiger partial charge in [-0.3, -0.25) is 0 Å². The van der Waals surface area contributed by atoms with E-state index >= 15 is 0 Å². The van der Waals surface area contributed by atoms with Gasteiger partial charge in [-0.25, -0.2) is 0 Å². The van der Waals surface area contributed by atoms with Crippen LogP contribution in [0.4, 0.5) is 0 Å². The quantitative estimate of drug-likeness (QED) is 0.910. The summed E-state index contributed by atoms with van der Waals surface area (Å²) in [6, 6.07) is 5.26. The van der Waals surface area contributed by atoms with Crippen molar-refractivity contribution in [3.8, 4) is 5.69 Å². The smallest absolute Gasteiger partial charge is 0.170 e. The number of tetrazole rings is 1. The van der Waals surface area contributed by atoms with Gasteiger partial charge >= 0.3 is 0 Å². The monoisotopic (exact) mass is 257 g/mol. The highest BCUT2D eigenvalue weighted by Crippen LogP contribution is 2.27. The lowest BCUT2D eigenvalue weighted by Gasteiger charge is -2.07. The Bertz CT molecular complexity index is 476. The first-order valence-electron chi connectivity index (χ1n) is 4.60. The number of para-hydroxylation sites is 1. The Morgan fingerprint density at radius 3 is 2.62 bits per heavy atom. The highest BCUT2D eigenvalue weighted by Gasteiger charge is 2.13. The van der Waals surface area contributed by atoms with E-state index in [1.807, 2.05) is 7.05 Å². The highest BCUT2D eigenvalue weighted by atomic mass is 35.5. The lowest BCUT2D eigenvalue weighted by Crippen LogP contribution is -2.12. The summed E-state index contributed by atoms with van der Waals surface area (Å²) in [6.07, 6.45) is 0. The second kappa shape index (κ2) is 4.78. The molecule has 0 bridgehead atoms. The van der Waals surface area contributed by atoms with Crippen LogP contribution in [0.15, 0.2) is 18.2 Å². The predicted molar refractivity (Wildman–Crippen MR) is 61.9 cm³/mol. The molecule has 0 amide bonds. The molecule has 1 aromatic carbocycles. The summed E-state index contributed by atoms with van der Waals surface area (Å²) in [4.78, 5) is 0. The predicted octanol–water partition coefficient (Wildman–Crippen LogP) is 1.69. The number of hydrogen-bond acceptors (Lipinski definition) is 4. The van der Waals surface area contributed by atoms with Crippen molar-refractivity contribution < 1.29 is 0 Å². The Kier molecular flexibility index (Phi) is 3.38. The van der Waals surface area contributed by atoms with Crippen molar-refractivity contribution in [2.75, 3.05) is 7.05 Å². The molecule has 0 radical (unpaired) electrons. The molecule has 0 saturated carbocycles. The van der Waals surface area contributed by atoms with Crippen molar-refractivity contribution in [3.63, 3.8) is 0 Å². The normalized spacial score (nSPS) is 10.7. The fourth-order valence-corrected chi connectivity index (χ4v) is 1.90. The van der Waals surface area contributed by atoms with Gasteiger partial charge in [0, 0.05) is 0 Å². The molecule has 0 aliphatic heterocycles. The number of aromatic nitrogens is 4. The molecule has 7 heteroatoms. The molecule has 5 nitrogen and oxygen atoms in total. The summed E-state index contributed by atoms with van der Waals surface area (Å²) in [6.45, 7) is 0.536. The van der Waals surface area contributed by atoms with Gasteiger partial charge in [0.15, 0.2) is 5.82 Å². The summed E-state index contributed by atoms with van der Waals surface area (Å²) in [7, 11) is 1.81. The van der Waals surface area contributed by atoms with Crippen LogP contribution in [0.1, 0.15) is 5.82 Å². The van der Waals surface area contributed by atoms with Gasteiger partial charge in [-0.2, -0.15) is 4.68 Å². The average molecular weight is 258 g/mol. The van der Waals surface area contributed by atoms with E-state index in [0.717, 1.165) is 0 Å². The molecule has 2 rings (SSSR count). The van der Waals surface area contributed by atoms with Gasteiger partial charge < -0.3 is 5.32 Å². The summed E-state index contributed by atoms with van der Waals surface area (Å²) >= 11 is 12.1. The van der Waals surface area contributed by atoms with Crippen LogP contribution in [0.3, 0.4) is 0 Å². The third-order valence-electron chi connectivity index (χ3n) is 2.02. The number of rotatable bonds is 3. The van der Waals surface area contributed by atoms with Crippen LogP contribution in [-0.4, -0.2) is 27.3 Å². The molecule has 0 spiro atoms. The van der Waals surface area contributed by atoms with Crippen molar-refractivity contribution in [3.05, 3.63) is 34.1 Å². The molecule has 0 unspecified atom stereocenters. The van der Waals surface area contributed by atoms with E-state index in [1.165, 1.54) is 4.68 Å². The second-order valence-corrected chi connectivity index (χ2v) is 3.92. The third-order valence-corrected chi connectivity index (χ3v) is 2.63. The Hall–Kier alpha value is -1.17. The van der Waals surface area contributed by atoms with Crippen molar-refractivity contribution in [1.29, 1.82) is 0 Å². The third kappa shape index (κ3) is 2.02. The van der Waals surface area contributed by atoms with E-state index in [9.17, 15) is 0 Å². The van der Waals surface area contributed by atoms with Crippen LogP contribution in [0.2, 0.25) is 10.0 Å². The molecular weight excluding hydrogens is 249 g/mol. The lowest BCUT2D eigenvalue weighted by molar-refractivity contribution is 0.709. The van der Waals surface area contributed by atoms with E-state index in [2.05, 4.69) is 20.8 Å². The molecular formula is C9H9Cl2N5. The Labute approximate surface area is 102 Å². The van der Waals surface area contributed by atoms with Crippen molar-refractivity contribution in [2.24, 2.45) is 0 Å². The highest BCUT2D eigenvalue weighted by molar-refractivity contribution is 6.37. The maximum atomic E-state index is 6.07. The zero-order valence-electron chi connectivity index (χ0n) is 8.48. The molecule has 0 aliphatic carbocycles. The largest absolute Gasteiger partial charge is 0.313 e. The van der Waals surface area contributed by atoms with Gasteiger partial charge in [-0.1, -0.05) is 29.3 Å². The first-order valence-corrected chi connectivity index (χ1v) is 5.36. The number of nitrogens with zero attached hydrogens (tertiary/aromatic N) is 4. The van der Waals surface area contributed by atoms with E-state index in [-0.39, 0.29) is 0 Å². The molecule has 16 heavy (non-hydrogen) atoms. The fraction of sp³-hybridized carbons (Fsp3) is 0.222. The Morgan fingerprint density at radius 1 is 1.31 bits per heavy atom. The average Bonchev–Trinajstić information content (AvgIpc) is 2.67. The van der Waals surface area contributed by atoms with Crippen LogP contribution < -0.4 is 5.32 Å². The van der Waals surface area contributed by atoms with Gasteiger partial charge in [-0.15, -0.1) is 5.10 Å². The molecule has 1 aromatic heterocycles. The van der Waals surface area contributed by atoms with Crippen molar-refractivity contribution in [2.45, 2.75) is 6.54 Å². The molecule has 0 fully saturated rings. The van der Waals surface area contributed by atoms with Crippen LogP contribution in [0.5, 0.6) is 0 Å². The number of nitrogens with one attached hydrogen (secondary N) is 1. The maximum Gasteiger partial charge on any atom is 0.170 e. The zero-order valence-corrected chi connectivity index (χ0v) is 10.00. The summed E-state index contributed by atoms with van der Waals surface area (Å²) < 4.78 is 1.53. The summed E-state index contributed by atoms with van der Waals surface area (Å²) in [5.74, 6) is 0.650. The molecule has 84 valence electrons. The summed E-state index contributed by atoms with van der Waals surface area (Å²) in [5.41, 5.74) is 0.598. The molecule has 1 heterocycles. The first kappa shape index (κ1) is 11.3. The van der Waals surface area contributed by atoms with Gasteiger partial charge in [0.25, 0.3) is 0 Å². The molecule has 0 aliphatic rings. The number of hydrogen-bond donors (Lipinski definition) is 1. The van der Waals surface area contributed by atoms with Gasteiger partial charge in [0.2, 0.25) is 0 Å². The van der Waals surface area contributed by atoms with Crippen molar-refractivity contribution in [1.82, 2.24) is 25.5 Å². The second-order valence-electron chi connectivity index (χ2n) is 3.11. The maximum absolute atomic E-state index is 6.07. The first-order chi connectivity index (χ1) is 7.74. The van der Waals surface area contributed by atoms with Crippen LogP contribution >= 0.6 is 23.2 Å². The Balaban J connectivity index is 2.54. The van der Waals surface area contributed by atoms with E-state index in [0.29, 0.717) is 28.1 Å². The molecule has 2 aromatic rings. The number of benzene rings is 1. The van der Waals surface area contributed by atoms with Crippen molar-refractivity contribution >= 4 is 23.2 Å². The molecule has 0 saturated heterocycles. The van der Waals surface area contributed by atoms with E-state index in [4.69, 9.17) is 23.2 Å². The fourth-order valence-electron chi connectivity index (χ4n) is 1.34. The standard InChI is InChI=1S/C9H9Cl2N5/c1-12-5-8-13-14-15-16(8)9-6(10)3-2-4-7(9)11/h2-4,12H,5H2,1H3. The minimum absolute atomic E-state index is 0.511. The zero-order chi connectivity index (χ0) is 11.5. The van der Waals surface area contributed by atoms with Gasteiger partial charge in [0.1, 0.15) is 5.69 Å². The summed E-state index contributed by atoms with van der Waals surface area (Å²) in [5, 5.41) is 15.4. The minimum atomic E-state index is 0.511. The van der Waals surface area contributed by atoms with Gasteiger partial charge in [0.05, 0.1) is 16.6 Å². The van der Waals surface area contributed by atoms with Crippen LogP contribution in [0, 0.1) is 0 Å². The molecule has 0 atom stereocenters.